The molecule has 2 heteroatoms. The molecule has 3 aromatic rings. The van der Waals surface area contributed by atoms with Crippen molar-refractivity contribution in [3.8, 4) is 0 Å². The maximum Gasteiger partial charge on any atom is 0.0899 e. The number of aliphatic hydroxyl groups is 1. The number of hydrogen-bond acceptors (Lipinski definition) is 2. The van der Waals surface area contributed by atoms with E-state index in [0.29, 0.717) is 0 Å². The van der Waals surface area contributed by atoms with Gasteiger partial charge < -0.3 is 10.0 Å². The van der Waals surface area contributed by atoms with Crippen LogP contribution >= 0.6 is 0 Å². The Hall–Kier alpha value is -2.58. The molecule has 0 aromatic heterocycles. The average Bonchev–Trinajstić information content (AvgIpc) is 3.42. The minimum absolute atomic E-state index is 0.567. The molecule has 0 unspecified atom stereocenters. The number of nitrogens with zero attached hydrogens (tertiary/aromatic N) is 1. The topological polar surface area (TPSA) is 23.5 Å². The lowest BCUT2D eigenvalue weighted by atomic mass is 10.1. The number of anilines is 1. The van der Waals surface area contributed by atoms with Crippen LogP contribution in [0.2, 0.25) is 0 Å². The Bertz CT molecular complexity index is 766. The van der Waals surface area contributed by atoms with Crippen LogP contribution in [0.15, 0.2) is 84.9 Å². The molecule has 0 radical (unpaired) electrons. The van der Waals surface area contributed by atoms with Crippen LogP contribution in [0.5, 0.6) is 0 Å². The molecule has 0 spiro atoms. The Kier molecular flexibility index (Phi) is 4.29. The fourth-order valence-electron chi connectivity index (χ4n) is 3.24. The minimum atomic E-state index is -0.567. The van der Waals surface area contributed by atoms with E-state index in [-0.39, 0.29) is 0 Å². The maximum absolute atomic E-state index is 10.3. The van der Waals surface area contributed by atoms with E-state index in [1.807, 2.05) is 0 Å². The van der Waals surface area contributed by atoms with Gasteiger partial charge in [0.1, 0.15) is 0 Å². The van der Waals surface area contributed by atoms with Gasteiger partial charge in [-0.3, -0.25) is 0 Å². The first-order chi connectivity index (χ1) is 12.2. The Labute approximate surface area is 149 Å². The predicted octanol–water partition coefficient (Wildman–Crippen LogP) is 4.87. The zero-order valence-electron chi connectivity index (χ0n) is 14.3. The molecule has 1 aliphatic carbocycles. The lowest BCUT2D eigenvalue weighted by Crippen LogP contribution is -2.22. The molecular weight excluding hydrogens is 306 g/mol. The largest absolute Gasteiger partial charge is 0.385 e. The van der Waals surface area contributed by atoms with E-state index in [0.717, 1.165) is 31.5 Å². The second-order valence-corrected chi connectivity index (χ2v) is 6.91. The van der Waals surface area contributed by atoms with Crippen molar-refractivity contribution in [1.82, 2.24) is 0 Å². The van der Waals surface area contributed by atoms with Gasteiger partial charge in [0.05, 0.1) is 5.60 Å². The molecule has 3 aromatic carbocycles. The van der Waals surface area contributed by atoms with Gasteiger partial charge in [-0.15, -0.1) is 0 Å². The van der Waals surface area contributed by atoms with E-state index in [2.05, 4.69) is 89.8 Å². The summed E-state index contributed by atoms with van der Waals surface area (Å²) in [5, 5.41) is 10.3. The van der Waals surface area contributed by atoms with Crippen LogP contribution < -0.4 is 4.90 Å². The summed E-state index contributed by atoms with van der Waals surface area (Å²) >= 11 is 0. The third kappa shape index (κ3) is 3.75. The van der Waals surface area contributed by atoms with Gasteiger partial charge >= 0.3 is 0 Å². The Morgan fingerprint density at radius 3 is 1.60 bits per heavy atom. The molecule has 0 heterocycles. The van der Waals surface area contributed by atoms with E-state index >= 15 is 0 Å². The van der Waals surface area contributed by atoms with E-state index in [1.165, 1.54) is 16.8 Å². The monoisotopic (exact) mass is 329 g/mol. The van der Waals surface area contributed by atoms with Gasteiger partial charge in [0.2, 0.25) is 0 Å². The second kappa shape index (κ2) is 6.73. The third-order valence-electron chi connectivity index (χ3n) is 4.93. The average molecular weight is 329 g/mol. The summed E-state index contributed by atoms with van der Waals surface area (Å²) < 4.78 is 0. The Balaban J connectivity index is 1.59. The van der Waals surface area contributed by atoms with Crippen molar-refractivity contribution in [3.05, 3.63) is 102 Å². The summed E-state index contributed by atoms with van der Waals surface area (Å²) in [6.07, 6.45) is 1.76. The van der Waals surface area contributed by atoms with E-state index in [1.54, 1.807) is 0 Å². The standard InChI is InChI=1S/C23H23NO/c25-23(15-16-23)21-11-13-22(14-12-21)24(17-19-7-3-1-4-8-19)18-20-9-5-2-6-10-20/h1-14,25H,15-18H2. The van der Waals surface area contributed by atoms with Gasteiger partial charge in [-0.05, 0) is 41.7 Å². The molecule has 4 rings (SSSR count). The molecule has 1 fully saturated rings. The number of hydrogen-bond donors (Lipinski definition) is 1. The van der Waals surface area contributed by atoms with Gasteiger partial charge in [0.15, 0.2) is 0 Å². The fraction of sp³-hybridized carbons (Fsp3) is 0.217. The fourth-order valence-corrected chi connectivity index (χ4v) is 3.24. The zero-order valence-corrected chi connectivity index (χ0v) is 14.3. The van der Waals surface area contributed by atoms with Gasteiger partial charge in [-0.1, -0.05) is 72.8 Å². The molecule has 1 saturated carbocycles. The highest BCUT2D eigenvalue weighted by atomic mass is 16.3. The van der Waals surface area contributed by atoms with Crippen LogP contribution in [0.3, 0.4) is 0 Å². The molecule has 0 saturated heterocycles. The number of benzene rings is 3. The predicted molar refractivity (Wildman–Crippen MR) is 102 cm³/mol. The highest BCUT2D eigenvalue weighted by Gasteiger charge is 2.41. The summed E-state index contributed by atoms with van der Waals surface area (Å²) in [5.74, 6) is 0. The second-order valence-electron chi connectivity index (χ2n) is 6.91. The van der Waals surface area contributed by atoms with Crippen molar-refractivity contribution in [1.29, 1.82) is 0 Å². The van der Waals surface area contributed by atoms with Crippen LogP contribution in [0.4, 0.5) is 5.69 Å². The Morgan fingerprint density at radius 1 is 0.680 bits per heavy atom. The summed E-state index contributed by atoms with van der Waals surface area (Å²) in [6.45, 7) is 1.72. The van der Waals surface area contributed by atoms with Gasteiger partial charge in [0, 0.05) is 18.8 Å². The van der Waals surface area contributed by atoms with Crippen LogP contribution in [0.25, 0.3) is 0 Å². The van der Waals surface area contributed by atoms with Gasteiger partial charge in [-0.2, -0.15) is 0 Å². The molecule has 25 heavy (non-hydrogen) atoms. The molecule has 2 nitrogen and oxygen atoms in total. The van der Waals surface area contributed by atoms with Crippen LogP contribution in [-0.4, -0.2) is 5.11 Å². The van der Waals surface area contributed by atoms with E-state index < -0.39 is 5.60 Å². The molecule has 0 bridgehead atoms. The first kappa shape index (κ1) is 15.9. The van der Waals surface area contributed by atoms with Crippen molar-refractivity contribution >= 4 is 5.69 Å². The summed E-state index contributed by atoms with van der Waals surface area (Å²) in [6, 6.07) is 29.5. The molecule has 0 amide bonds. The van der Waals surface area contributed by atoms with E-state index in [9.17, 15) is 5.11 Å². The van der Waals surface area contributed by atoms with Crippen molar-refractivity contribution < 1.29 is 5.11 Å². The first-order valence-corrected chi connectivity index (χ1v) is 8.89. The summed E-state index contributed by atoms with van der Waals surface area (Å²) in [4.78, 5) is 2.38. The highest BCUT2D eigenvalue weighted by molar-refractivity contribution is 5.50. The molecule has 126 valence electrons. The first-order valence-electron chi connectivity index (χ1n) is 8.89. The summed E-state index contributed by atoms with van der Waals surface area (Å²) in [7, 11) is 0. The lowest BCUT2D eigenvalue weighted by Gasteiger charge is -2.26. The van der Waals surface area contributed by atoms with Gasteiger partial charge in [-0.25, -0.2) is 0 Å². The normalized spacial score (nSPS) is 14.9. The third-order valence-corrected chi connectivity index (χ3v) is 4.93. The SMILES string of the molecule is OC1(c2ccc(N(Cc3ccccc3)Cc3ccccc3)cc2)CC1. The molecule has 1 N–H and O–H groups in total. The van der Waals surface area contributed by atoms with Gasteiger partial charge in [0.25, 0.3) is 0 Å². The van der Waals surface area contributed by atoms with Crippen LogP contribution in [0.1, 0.15) is 29.5 Å². The lowest BCUT2D eigenvalue weighted by molar-refractivity contribution is 0.151. The molecule has 0 aliphatic heterocycles. The minimum Gasteiger partial charge on any atom is -0.385 e. The Morgan fingerprint density at radius 2 is 1.16 bits per heavy atom. The molecule has 1 aliphatic rings. The molecule has 0 atom stereocenters. The number of rotatable bonds is 6. The van der Waals surface area contributed by atoms with Crippen molar-refractivity contribution in [2.75, 3.05) is 4.90 Å². The molecular formula is C23H23NO. The van der Waals surface area contributed by atoms with Crippen molar-refractivity contribution in [3.63, 3.8) is 0 Å². The van der Waals surface area contributed by atoms with Crippen molar-refractivity contribution in [2.45, 2.75) is 31.5 Å². The van der Waals surface area contributed by atoms with Crippen LogP contribution in [0, 0.1) is 0 Å². The highest BCUT2D eigenvalue weighted by Crippen LogP contribution is 2.45. The van der Waals surface area contributed by atoms with Crippen molar-refractivity contribution in [2.24, 2.45) is 0 Å². The zero-order chi connectivity index (χ0) is 17.1. The quantitative estimate of drug-likeness (QED) is 0.697. The maximum atomic E-state index is 10.3. The summed E-state index contributed by atoms with van der Waals surface area (Å²) in [5.41, 5.74) is 4.24. The van der Waals surface area contributed by atoms with E-state index in [4.69, 9.17) is 0 Å². The van der Waals surface area contributed by atoms with Crippen LogP contribution in [-0.2, 0) is 18.7 Å². The smallest absolute Gasteiger partial charge is 0.0899 e.